The largest absolute Gasteiger partial charge is 0.378 e. The van der Waals surface area contributed by atoms with Crippen molar-refractivity contribution in [2.24, 2.45) is 0 Å². The third-order valence-corrected chi connectivity index (χ3v) is 5.56. The van der Waals surface area contributed by atoms with E-state index in [1.54, 1.807) is 0 Å². The SMILES string of the molecule is O=C(CSc1nc(-c2ccccc2)nc2ccc(Cl)cc12)N1CCOCC1. The van der Waals surface area contributed by atoms with Gasteiger partial charge in [-0.05, 0) is 18.2 Å². The second-order valence-electron chi connectivity index (χ2n) is 6.16. The van der Waals surface area contributed by atoms with Gasteiger partial charge in [-0.3, -0.25) is 4.79 Å². The minimum atomic E-state index is 0.0957. The molecule has 5 nitrogen and oxygen atoms in total. The van der Waals surface area contributed by atoms with E-state index in [0.29, 0.717) is 42.9 Å². The summed E-state index contributed by atoms with van der Waals surface area (Å²) in [5, 5.41) is 2.25. The van der Waals surface area contributed by atoms with Gasteiger partial charge in [0.15, 0.2) is 5.82 Å². The highest BCUT2D eigenvalue weighted by molar-refractivity contribution is 8.00. The van der Waals surface area contributed by atoms with Gasteiger partial charge in [0.25, 0.3) is 0 Å². The Morgan fingerprint density at radius 2 is 1.89 bits per heavy atom. The van der Waals surface area contributed by atoms with Crippen LogP contribution in [0.1, 0.15) is 0 Å². The monoisotopic (exact) mass is 399 g/mol. The molecule has 0 atom stereocenters. The molecule has 0 spiro atoms. The highest BCUT2D eigenvalue weighted by Crippen LogP contribution is 2.30. The van der Waals surface area contributed by atoms with E-state index in [-0.39, 0.29) is 5.91 Å². The van der Waals surface area contributed by atoms with Gasteiger partial charge in [-0.15, -0.1) is 0 Å². The summed E-state index contributed by atoms with van der Waals surface area (Å²) in [5.41, 5.74) is 1.75. The van der Waals surface area contributed by atoms with E-state index < -0.39 is 0 Å². The molecule has 0 saturated carbocycles. The van der Waals surface area contributed by atoms with Gasteiger partial charge in [-0.1, -0.05) is 53.7 Å². The number of benzene rings is 2. The number of halogens is 1. The number of aromatic nitrogens is 2. The third-order valence-electron chi connectivity index (χ3n) is 4.35. The number of carbonyl (C=O) groups excluding carboxylic acids is 1. The Kier molecular flexibility index (Phi) is 5.57. The second kappa shape index (κ2) is 8.25. The van der Waals surface area contributed by atoms with Gasteiger partial charge in [0.05, 0.1) is 24.5 Å². The van der Waals surface area contributed by atoms with E-state index in [2.05, 4.69) is 4.98 Å². The fourth-order valence-electron chi connectivity index (χ4n) is 2.93. The van der Waals surface area contributed by atoms with Crippen molar-refractivity contribution in [2.45, 2.75) is 5.03 Å². The van der Waals surface area contributed by atoms with Crippen LogP contribution in [0.5, 0.6) is 0 Å². The number of hydrogen-bond acceptors (Lipinski definition) is 5. The molecule has 0 unspecified atom stereocenters. The van der Waals surface area contributed by atoms with E-state index in [4.69, 9.17) is 21.3 Å². The Hall–Kier alpha value is -2.15. The lowest BCUT2D eigenvalue weighted by atomic mass is 10.2. The van der Waals surface area contributed by atoms with Crippen molar-refractivity contribution < 1.29 is 9.53 Å². The molecular weight excluding hydrogens is 382 g/mol. The molecular formula is C20H18ClN3O2S. The van der Waals surface area contributed by atoms with Crippen LogP contribution >= 0.6 is 23.4 Å². The van der Waals surface area contributed by atoms with Crippen LogP contribution in [0.3, 0.4) is 0 Å². The maximum atomic E-state index is 12.5. The quantitative estimate of drug-likeness (QED) is 0.492. The Labute approximate surface area is 166 Å². The second-order valence-corrected chi connectivity index (χ2v) is 7.56. The molecule has 2 heterocycles. The third kappa shape index (κ3) is 4.24. The van der Waals surface area contributed by atoms with Crippen molar-refractivity contribution in [3.05, 3.63) is 53.6 Å². The van der Waals surface area contributed by atoms with Gasteiger partial charge < -0.3 is 9.64 Å². The molecule has 1 aromatic heterocycles. The number of nitrogens with zero attached hydrogens (tertiary/aromatic N) is 3. The molecule has 2 aromatic carbocycles. The molecule has 1 aliphatic heterocycles. The lowest BCUT2D eigenvalue weighted by Gasteiger charge is -2.26. The van der Waals surface area contributed by atoms with Crippen molar-refractivity contribution in [2.75, 3.05) is 32.1 Å². The van der Waals surface area contributed by atoms with Gasteiger partial charge in [-0.25, -0.2) is 9.97 Å². The molecule has 27 heavy (non-hydrogen) atoms. The predicted molar refractivity (Wildman–Crippen MR) is 108 cm³/mol. The number of fused-ring (bicyclic) bond motifs is 1. The van der Waals surface area contributed by atoms with Crippen LogP contribution in [0.25, 0.3) is 22.3 Å². The van der Waals surface area contributed by atoms with E-state index in [1.807, 2.05) is 53.4 Å². The van der Waals surface area contributed by atoms with Gasteiger partial charge in [0, 0.05) is 29.1 Å². The fourth-order valence-corrected chi connectivity index (χ4v) is 4.02. The van der Waals surface area contributed by atoms with Gasteiger partial charge >= 0.3 is 0 Å². The van der Waals surface area contributed by atoms with E-state index in [0.717, 1.165) is 21.5 Å². The zero-order valence-electron chi connectivity index (χ0n) is 14.6. The normalized spacial score (nSPS) is 14.5. The maximum absolute atomic E-state index is 12.5. The Morgan fingerprint density at radius 1 is 1.11 bits per heavy atom. The van der Waals surface area contributed by atoms with E-state index in [9.17, 15) is 4.79 Å². The summed E-state index contributed by atoms with van der Waals surface area (Å²) in [6.07, 6.45) is 0. The molecule has 1 fully saturated rings. The Bertz CT molecular complexity index is 962. The van der Waals surface area contributed by atoms with Crippen LogP contribution in [0.2, 0.25) is 5.02 Å². The first kappa shape index (κ1) is 18.2. The number of carbonyl (C=O) groups is 1. The number of morpholine rings is 1. The minimum Gasteiger partial charge on any atom is -0.378 e. The zero-order chi connectivity index (χ0) is 18.6. The zero-order valence-corrected chi connectivity index (χ0v) is 16.2. The first-order valence-electron chi connectivity index (χ1n) is 8.72. The molecule has 138 valence electrons. The molecule has 0 aliphatic carbocycles. The average molecular weight is 400 g/mol. The minimum absolute atomic E-state index is 0.0957. The fraction of sp³-hybridized carbons (Fsp3) is 0.250. The van der Waals surface area contributed by atoms with E-state index in [1.165, 1.54) is 11.8 Å². The Morgan fingerprint density at radius 3 is 2.67 bits per heavy atom. The van der Waals surface area contributed by atoms with Gasteiger partial charge in [-0.2, -0.15) is 0 Å². The maximum Gasteiger partial charge on any atom is 0.233 e. The molecule has 0 bridgehead atoms. The summed E-state index contributed by atoms with van der Waals surface area (Å²) in [7, 11) is 0. The molecule has 1 amide bonds. The summed E-state index contributed by atoms with van der Waals surface area (Å²) in [6, 6.07) is 15.4. The number of ether oxygens (including phenoxy) is 1. The van der Waals surface area contributed by atoms with Crippen LogP contribution in [0.15, 0.2) is 53.6 Å². The van der Waals surface area contributed by atoms with Crippen LogP contribution in [-0.4, -0.2) is 52.8 Å². The lowest BCUT2D eigenvalue weighted by molar-refractivity contribution is -0.132. The van der Waals surface area contributed by atoms with Crippen molar-refractivity contribution in [3.63, 3.8) is 0 Å². The van der Waals surface area contributed by atoms with Crippen LogP contribution in [-0.2, 0) is 9.53 Å². The summed E-state index contributed by atoms with van der Waals surface area (Å²) in [6.45, 7) is 2.48. The summed E-state index contributed by atoms with van der Waals surface area (Å²) < 4.78 is 5.31. The molecule has 7 heteroatoms. The Balaban J connectivity index is 1.65. The van der Waals surface area contributed by atoms with Gasteiger partial charge in [0.1, 0.15) is 5.03 Å². The molecule has 4 rings (SSSR count). The molecule has 1 saturated heterocycles. The predicted octanol–water partition coefficient (Wildman–Crippen LogP) is 3.90. The number of amides is 1. The standard InChI is InChI=1S/C20H18ClN3O2S/c21-15-6-7-17-16(12-15)20(23-19(22-17)14-4-2-1-3-5-14)27-13-18(25)24-8-10-26-11-9-24/h1-7,12H,8-11,13H2. The first-order valence-corrected chi connectivity index (χ1v) is 10.1. The number of hydrogen-bond donors (Lipinski definition) is 0. The highest BCUT2D eigenvalue weighted by Gasteiger charge is 2.18. The van der Waals surface area contributed by atoms with Crippen molar-refractivity contribution >= 4 is 40.2 Å². The lowest BCUT2D eigenvalue weighted by Crippen LogP contribution is -2.41. The van der Waals surface area contributed by atoms with Crippen molar-refractivity contribution in [3.8, 4) is 11.4 Å². The highest BCUT2D eigenvalue weighted by atomic mass is 35.5. The summed E-state index contributed by atoms with van der Waals surface area (Å²) in [5.74, 6) is 1.07. The molecule has 1 aliphatic rings. The van der Waals surface area contributed by atoms with Crippen LogP contribution < -0.4 is 0 Å². The smallest absolute Gasteiger partial charge is 0.233 e. The number of thioether (sulfide) groups is 1. The van der Waals surface area contributed by atoms with Crippen molar-refractivity contribution in [1.82, 2.24) is 14.9 Å². The topological polar surface area (TPSA) is 55.3 Å². The molecule has 3 aromatic rings. The average Bonchev–Trinajstić information content (AvgIpc) is 2.73. The van der Waals surface area contributed by atoms with E-state index >= 15 is 0 Å². The number of rotatable bonds is 4. The first-order chi connectivity index (χ1) is 13.2. The summed E-state index contributed by atoms with van der Waals surface area (Å²) >= 11 is 7.61. The molecule has 0 N–H and O–H groups in total. The summed E-state index contributed by atoms with van der Waals surface area (Å²) in [4.78, 5) is 23.7. The molecule has 0 radical (unpaired) electrons. The van der Waals surface area contributed by atoms with Gasteiger partial charge in [0.2, 0.25) is 5.91 Å². The van der Waals surface area contributed by atoms with Crippen LogP contribution in [0, 0.1) is 0 Å². The van der Waals surface area contributed by atoms with Crippen molar-refractivity contribution in [1.29, 1.82) is 0 Å². The van der Waals surface area contributed by atoms with Crippen LogP contribution in [0.4, 0.5) is 0 Å².